The SMILES string of the molecule is Cc1cc(C)c(-c2c3nc(c(-c4c(F)c(F)c(F)c(F)c4F)c4ccc([nH]4)c(-c4c(C)cc(C)cc4C)c4nc(c(-c5c(C)cc(-c6cc(SOOO)c(-c7cc(SOOO)c(-c8cc(C)c(-c9c%10nc(c(-c%11c(C)c(C)cc(C)c%11C)c%11ccc([nH]%11)c(-c%11ccc(S)cc%11)c%11nc(c(-c%12c(C)c(C)cc(C)c%12C)c%12ccc9[nH]%12)C=C%11)C=C%10)c(C)c8)cc7S(=O)(=O)O)cc6S(=O)(=O)O)cc5C)c5ccc2[nH]5)C=C4)C=C3)c(C)c1. The second-order valence-corrected chi connectivity index (χ2v) is 43.2. The molecule has 0 aliphatic carbocycles. The Kier molecular flexibility index (Phi) is 26.4. The summed E-state index contributed by atoms with van der Waals surface area (Å²) >= 11 is 5.44. The molecule has 20 nitrogen and oxygen atoms in total. The lowest BCUT2D eigenvalue weighted by Crippen LogP contribution is -2.06. The van der Waals surface area contributed by atoms with Gasteiger partial charge in [0.1, 0.15) is 9.79 Å². The fraction of sp³-hybridized carbons (Fsp3) is 0.153. The van der Waals surface area contributed by atoms with Gasteiger partial charge in [-0.1, -0.05) is 94.0 Å². The Bertz CT molecular complexity index is 9030. The summed E-state index contributed by atoms with van der Waals surface area (Å²) in [7, 11) is -10.9. The number of aromatic amines is 4. The maximum absolute atomic E-state index is 16.7. The van der Waals surface area contributed by atoms with Gasteiger partial charge in [0.15, 0.2) is 23.3 Å². The van der Waals surface area contributed by atoms with E-state index < -0.39 is 75.8 Å². The summed E-state index contributed by atoms with van der Waals surface area (Å²) in [5.41, 5.74) is 32.1. The molecule has 0 atom stereocenters. The fourth-order valence-corrected chi connectivity index (χ4v) is 24.7. The van der Waals surface area contributed by atoms with Crippen molar-refractivity contribution in [3.8, 4) is 122 Å². The molecule has 0 radical (unpaired) electrons. The van der Waals surface area contributed by atoms with Crippen LogP contribution in [0, 0.1) is 154 Å². The van der Waals surface area contributed by atoms with Crippen molar-refractivity contribution in [2.75, 3.05) is 0 Å². The van der Waals surface area contributed by atoms with E-state index in [-0.39, 0.29) is 48.9 Å². The van der Waals surface area contributed by atoms with Gasteiger partial charge in [0.25, 0.3) is 20.2 Å². The van der Waals surface area contributed by atoms with Gasteiger partial charge in [0.2, 0.25) is 5.82 Å². The van der Waals surface area contributed by atoms with Crippen LogP contribution in [0.2, 0.25) is 0 Å². The summed E-state index contributed by atoms with van der Waals surface area (Å²) in [6.45, 7) is 35.9. The number of fused-ring (bicyclic) bond motifs is 16. The van der Waals surface area contributed by atoms with Crippen LogP contribution in [-0.4, -0.2) is 76.3 Å². The molecule has 0 unspecified atom stereocenters. The molecule has 0 spiro atoms. The molecule has 16 aromatic rings. The van der Waals surface area contributed by atoms with Gasteiger partial charge < -0.3 is 19.9 Å². The Hall–Kier alpha value is -14.3. The smallest absolute Gasteiger partial charge is 0.295 e. The van der Waals surface area contributed by atoms with Gasteiger partial charge in [0.05, 0.1) is 75.2 Å². The standard InChI is InChI=1S/C118H97F5N8O12S5/c1-53-39-59(7)99(60(8)40-53)106-81-27-29-85(126-81)108(86-30-28-82(127-86)107(100-61(9)41-54(2)42-62(100)10)84-34-38-94(131-84)112(93-37-33-83(106)130-93)113-114(119)116(121)118(123)117(122)115(113)120)102-65(13)47-73(48-66(102)14)76-49-96(146-143-141-133)77(52-97(76)147(134,135)136)78-50-95(145-142-140-132)75(51-98(78)148(137,138)139)72-45-63(11)101(64(12)46-72)109-87-31-35-91(128-87)110(103-67(15)55(3)43-56(4)68(103)16)89-25-23-79(124-89)105(71-19-21-74(144)22-20-71)80-24-26-90(125-80)111(92-36-32-88(109)129-92)104-69(17)57(5)44-58(6)70(104)18/h19-52,124,126,129,131-133,144H,1-18H3,(H,134,135,136)(H,137,138,139). The lowest BCUT2D eigenvalue weighted by Gasteiger charge is -2.20. The number of rotatable bonds is 19. The maximum Gasteiger partial charge on any atom is 0.295 e. The van der Waals surface area contributed by atoms with Crippen LogP contribution >= 0.6 is 36.7 Å². The minimum Gasteiger partial charge on any atom is -0.354 e. The van der Waals surface area contributed by atoms with Crippen molar-refractivity contribution in [3.05, 3.63) is 333 Å². The molecular formula is C118H97F5N8O12S5. The normalized spacial score (nSPS) is 12.5. The molecule has 10 aromatic carbocycles. The summed E-state index contributed by atoms with van der Waals surface area (Å²) in [5, 5.41) is 28.6. The first-order valence-corrected chi connectivity index (χ1v) is 52.1. The fourth-order valence-electron chi connectivity index (χ4n) is 22.0. The number of hydrogen-bond acceptors (Lipinski definition) is 17. The number of hydrogen-bond donors (Lipinski definition) is 9. The van der Waals surface area contributed by atoms with E-state index in [1.165, 1.54) is 24.3 Å². The molecule has 148 heavy (non-hydrogen) atoms. The quantitative estimate of drug-likeness (QED) is 0.00531. The van der Waals surface area contributed by atoms with E-state index in [0.717, 1.165) is 156 Å². The highest BCUT2D eigenvalue weighted by atomic mass is 32.2. The monoisotopic (exact) mass is 2070 g/mol. The minimum absolute atomic E-state index is 0.00783. The Morgan fingerprint density at radius 1 is 0.264 bits per heavy atom. The molecule has 0 saturated carbocycles. The van der Waals surface area contributed by atoms with Crippen molar-refractivity contribution in [1.82, 2.24) is 39.9 Å². The zero-order chi connectivity index (χ0) is 105. The van der Waals surface area contributed by atoms with E-state index in [1.807, 2.05) is 140 Å². The first-order chi connectivity index (χ1) is 70.5. The number of halogens is 5. The maximum atomic E-state index is 16.7. The van der Waals surface area contributed by atoms with Gasteiger partial charge in [0, 0.05) is 120 Å². The van der Waals surface area contributed by atoms with Gasteiger partial charge in [-0.05, 0) is 403 Å². The van der Waals surface area contributed by atoms with Crippen LogP contribution in [0.25, 0.3) is 215 Å². The summed E-state index contributed by atoms with van der Waals surface area (Å²) in [5.74, 6) is -10.8. The number of aromatic nitrogens is 8. The summed E-state index contributed by atoms with van der Waals surface area (Å²) in [6, 6.07) is 47.1. The summed E-state index contributed by atoms with van der Waals surface area (Å²) in [6.07, 6.45) is 14.9. The zero-order valence-electron chi connectivity index (χ0n) is 83.4. The molecule has 16 bridgehead atoms. The van der Waals surface area contributed by atoms with E-state index >= 15 is 22.0 Å². The summed E-state index contributed by atoms with van der Waals surface area (Å²) in [4.78, 5) is 35.9. The highest BCUT2D eigenvalue weighted by Gasteiger charge is 2.35. The van der Waals surface area contributed by atoms with Crippen LogP contribution in [0.5, 0.6) is 0 Å². The van der Waals surface area contributed by atoms with Crippen molar-refractivity contribution in [2.24, 2.45) is 0 Å². The average molecular weight is 2070 g/mol. The molecule has 30 heteroatoms. The van der Waals surface area contributed by atoms with Crippen LogP contribution in [0.1, 0.15) is 146 Å². The number of nitrogens with one attached hydrogen (secondary N) is 4. The number of nitrogens with zero attached hydrogens (tertiary/aromatic N) is 4. The second-order valence-electron chi connectivity index (χ2n) is 38.4. The molecule has 4 aliphatic rings. The Morgan fingerprint density at radius 3 is 0.824 bits per heavy atom. The van der Waals surface area contributed by atoms with E-state index in [2.05, 4.69) is 140 Å². The van der Waals surface area contributed by atoms with Gasteiger partial charge >= 0.3 is 0 Å². The predicted molar refractivity (Wildman–Crippen MR) is 584 cm³/mol. The predicted octanol–water partition coefficient (Wildman–Crippen LogP) is 31.8. The van der Waals surface area contributed by atoms with Crippen molar-refractivity contribution in [3.63, 3.8) is 0 Å². The molecule has 20 rings (SSSR count). The number of benzene rings is 10. The molecule has 10 heterocycles. The molecule has 0 saturated heterocycles. The zero-order valence-corrected chi connectivity index (χ0v) is 87.6. The molecule has 0 fully saturated rings. The second kappa shape index (κ2) is 38.7. The highest BCUT2D eigenvalue weighted by molar-refractivity contribution is 7.95. The minimum atomic E-state index is -5.46. The van der Waals surface area contributed by atoms with Crippen molar-refractivity contribution in [2.45, 2.75) is 149 Å². The molecule has 746 valence electrons. The van der Waals surface area contributed by atoms with Crippen LogP contribution in [0.15, 0.2) is 182 Å². The number of thiol groups is 1. The van der Waals surface area contributed by atoms with Gasteiger partial charge in [-0.3, -0.25) is 9.11 Å². The lowest BCUT2D eigenvalue weighted by molar-refractivity contribution is -0.432. The van der Waals surface area contributed by atoms with E-state index in [0.29, 0.717) is 141 Å². The largest absolute Gasteiger partial charge is 0.354 e. The van der Waals surface area contributed by atoms with Crippen LogP contribution in [0.3, 0.4) is 0 Å². The van der Waals surface area contributed by atoms with Gasteiger partial charge in [-0.25, -0.2) is 52.4 Å². The van der Waals surface area contributed by atoms with Gasteiger partial charge in [-0.2, -0.15) is 16.8 Å². The summed E-state index contributed by atoms with van der Waals surface area (Å²) < 4.78 is 173. The third-order valence-electron chi connectivity index (χ3n) is 28.7. The Labute approximate surface area is 864 Å². The average Bonchev–Trinajstić information content (AvgIpc) is 1.09. The van der Waals surface area contributed by atoms with Crippen LogP contribution in [-0.2, 0) is 39.0 Å². The number of aryl methyl sites for hydroxylation is 14. The van der Waals surface area contributed by atoms with E-state index in [4.69, 9.17) is 41.2 Å². The molecular weight excluding hydrogens is 1980 g/mol. The topological polar surface area (TPSA) is 301 Å². The highest BCUT2D eigenvalue weighted by Crippen LogP contribution is 2.53. The first-order valence-electron chi connectivity index (χ1n) is 47.3. The molecule has 6 aromatic heterocycles. The third-order valence-corrected chi connectivity index (χ3v) is 32.1. The molecule has 8 N–H and O–H groups in total. The number of H-pyrrole nitrogens is 4. The third kappa shape index (κ3) is 17.8. The Morgan fingerprint density at radius 2 is 0.514 bits per heavy atom. The van der Waals surface area contributed by atoms with E-state index in [1.54, 1.807) is 44.2 Å². The Balaban J connectivity index is 0.780. The molecule has 4 aliphatic heterocycles. The van der Waals surface area contributed by atoms with E-state index in [9.17, 15) is 36.5 Å². The van der Waals surface area contributed by atoms with Crippen LogP contribution < -0.4 is 0 Å². The first kappa shape index (κ1) is 101. The van der Waals surface area contributed by atoms with Crippen molar-refractivity contribution in [1.29, 1.82) is 0 Å². The van der Waals surface area contributed by atoms with Gasteiger partial charge in [-0.15, -0.1) is 21.3 Å². The lowest BCUT2D eigenvalue weighted by atomic mass is 9.89. The van der Waals surface area contributed by atoms with Crippen molar-refractivity contribution >= 4 is 150 Å². The molecule has 0 amide bonds. The van der Waals surface area contributed by atoms with Crippen molar-refractivity contribution < 1.29 is 77.2 Å². The van der Waals surface area contributed by atoms with Crippen LogP contribution in [0.4, 0.5) is 22.0 Å².